The van der Waals surface area contributed by atoms with E-state index in [0.717, 1.165) is 19.4 Å². The van der Waals surface area contributed by atoms with Crippen LogP contribution in [0.25, 0.3) is 0 Å². The number of ether oxygens (including phenoxy) is 1. The van der Waals surface area contributed by atoms with E-state index in [4.69, 9.17) is 14.5 Å². The van der Waals surface area contributed by atoms with Crippen LogP contribution in [0.4, 0.5) is 0 Å². The molecule has 0 radical (unpaired) electrons. The summed E-state index contributed by atoms with van der Waals surface area (Å²) < 4.78 is 5.41. The average molecular weight is 172 g/mol. The van der Waals surface area contributed by atoms with Gasteiger partial charge in [0, 0.05) is 5.41 Å². The monoisotopic (exact) mass is 172 g/mol. The van der Waals surface area contributed by atoms with Crippen LogP contribution in [0, 0.1) is 5.41 Å². The molecule has 2 fully saturated rings. The second-order valence-electron chi connectivity index (χ2n) is 4.72. The molecule has 0 aliphatic carbocycles. The van der Waals surface area contributed by atoms with Gasteiger partial charge in [0.2, 0.25) is 0 Å². The van der Waals surface area contributed by atoms with Gasteiger partial charge in [-0.25, -0.2) is 9.78 Å². The molecule has 2 aliphatic heterocycles. The molecular weight excluding hydrogens is 156 g/mol. The van der Waals surface area contributed by atoms with Crippen LogP contribution in [-0.4, -0.2) is 18.5 Å². The summed E-state index contributed by atoms with van der Waals surface area (Å²) in [6.45, 7) is 7.09. The summed E-state index contributed by atoms with van der Waals surface area (Å²) in [5, 5.41) is 0. The zero-order valence-corrected chi connectivity index (χ0v) is 7.92. The summed E-state index contributed by atoms with van der Waals surface area (Å²) in [6.07, 6.45) is 1.93. The van der Waals surface area contributed by atoms with Crippen LogP contribution in [0.3, 0.4) is 0 Å². The summed E-state index contributed by atoms with van der Waals surface area (Å²) >= 11 is 0. The maximum Gasteiger partial charge on any atom is 0.196 e. The zero-order valence-electron chi connectivity index (χ0n) is 7.92. The third-order valence-electron chi connectivity index (χ3n) is 2.70. The van der Waals surface area contributed by atoms with Gasteiger partial charge in [-0.15, -0.1) is 0 Å². The van der Waals surface area contributed by atoms with Crippen molar-refractivity contribution in [3.05, 3.63) is 0 Å². The van der Waals surface area contributed by atoms with E-state index in [0.29, 0.717) is 0 Å². The molecule has 3 heteroatoms. The maximum absolute atomic E-state index is 5.41. The quantitative estimate of drug-likeness (QED) is 0.522. The van der Waals surface area contributed by atoms with Gasteiger partial charge in [-0.05, 0) is 26.7 Å². The fourth-order valence-electron chi connectivity index (χ4n) is 2.21. The molecule has 0 amide bonds. The molecular formula is C9H16O3. The van der Waals surface area contributed by atoms with Gasteiger partial charge in [0.15, 0.2) is 6.29 Å². The molecule has 0 bridgehead atoms. The largest absolute Gasteiger partial charge is 0.349 e. The fraction of sp³-hybridized carbons (Fsp3) is 1.00. The Bertz CT molecular complexity index is 190. The van der Waals surface area contributed by atoms with E-state index in [1.165, 1.54) is 0 Å². The Kier molecular flexibility index (Phi) is 1.72. The minimum atomic E-state index is -0.168. The van der Waals surface area contributed by atoms with Crippen LogP contribution < -0.4 is 0 Å². The lowest BCUT2D eigenvalue weighted by atomic mass is 9.78. The SMILES string of the molecule is CC1(C)C[C@]2(C)CCO[C@@H]2OO1. The molecule has 0 aromatic carbocycles. The van der Waals surface area contributed by atoms with E-state index in [-0.39, 0.29) is 17.3 Å². The molecule has 2 heterocycles. The van der Waals surface area contributed by atoms with Gasteiger partial charge in [0.05, 0.1) is 12.2 Å². The number of fused-ring (bicyclic) bond motifs is 1. The fourth-order valence-corrected chi connectivity index (χ4v) is 2.21. The van der Waals surface area contributed by atoms with E-state index in [1.54, 1.807) is 0 Å². The van der Waals surface area contributed by atoms with E-state index < -0.39 is 0 Å². The maximum atomic E-state index is 5.41. The molecule has 0 N–H and O–H groups in total. The van der Waals surface area contributed by atoms with E-state index >= 15 is 0 Å². The average Bonchev–Trinajstić information content (AvgIpc) is 2.26. The standard InChI is InChI=1S/C9H16O3/c1-8(2)6-9(3)4-5-10-7(9)11-12-8/h7H,4-6H2,1-3H3/t7-,9+/m1/s1. The van der Waals surface area contributed by atoms with Gasteiger partial charge >= 0.3 is 0 Å². The Labute approximate surface area is 72.9 Å². The lowest BCUT2D eigenvalue weighted by molar-refractivity contribution is -0.458. The molecule has 2 atom stereocenters. The molecule has 2 saturated heterocycles. The van der Waals surface area contributed by atoms with E-state index in [1.807, 2.05) is 13.8 Å². The van der Waals surface area contributed by atoms with Gasteiger partial charge in [-0.2, -0.15) is 0 Å². The Morgan fingerprint density at radius 3 is 2.75 bits per heavy atom. The molecule has 12 heavy (non-hydrogen) atoms. The van der Waals surface area contributed by atoms with Crippen molar-refractivity contribution < 1.29 is 14.5 Å². The lowest BCUT2D eigenvalue weighted by Crippen LogP contribution is -2.45. The highest BCUT2D eigenvalue weighted by atomic mass is 17.2. The minimum Gasteiger partial charge on any atom is -0.349 e. The first-order valence-corrected chi connectivity index (χ1v) is 4.48. The Hall–Kier alpha value is -0.120. The second-order valence-corrected chi connectivity index (χ2v) is 4.72. The molecule has 0 saturated carbocycles. The predicted molar refractivity (Wildman–Crippen MR) is 43.3 cm³/mol. The van der Waals surface area contributed by atoms with Crippen molar-refractivity contribution in [3.8, 4) is 0 Å². The van der Waals surface area contributed by atoms with Crippen molar-refractivity contribution in [1.82, 2.24) is 0 Å². The summed E-state index contributed by atoms with van der Waals surface area (Å²) in [7, 11) is 0. The highest BCUT2D eigenvalue weighted by molar-refractivity contribution is 4.90. The summed E-state index contributed by atoms with van der Waals surface area (Å²) in [5.41, 5.74) is -0.0132. The first-order chi connectivity index (χ1) is 5.52. The Morgan fingerprint density at radius 1 is 1.25 bits per heavy atom. The van der Waals surface area contributed by atoms with Crippen molar-refractivity contribution in [3.63, 3.8) is 0 Å². The van der Waals surface area contributed by atoms with Crippen LogP contribution in [0.2, 0.25) is 0 Å². The van der Waals surface area contributed by atoms with Crippen LogP contribution >= 0.6 is 0 Å². The van der Waals surface area contributed by atoms with E-state index in [2.05, 4.69) is 6.92 Å². The van der Waals surface area contributed by atoms with Crippen LogP contribution in [0.1, 0.15) is 33.6 Å². The van der Waals surface area contributed by atoms with Crippen molar-refractivity contribution in [2.75, 3.05) is 6.61 Å². The normalized spacial score (nSPS) is 45.8. The van der Waals surface area contributed by atoms with Crippen molar-refractivity contribution in [2.45, 2.75) is 45.5 Å². The minimum absolute atomic E-state index is 0.148. The first kappa shape index (κ1) is 8.48. The first-order valence-electron chi connectivity index (χ1n) is 4.48. The topological polar surface area (TPSA) is 27.7 Å². The molecule has 0 spiro atoms. The highest BCUT2D eigenvalue weighted by Crippen LogP contribution is 2.46. The molecule has 0 aromatic rings. The molecule has 2 rings (SSSR count). The van der Waals surface area contributed by atoms with Crippen LogP contribution in [0.5, 0.6) is 0 Å². The summed E-state index contributed by atoms with van der Waals surface area (Å²) in [4.78, 5) is 10.4. The molecule has 0 unspecified atom stereocenters. The van der Waals surface area contributed by atoms with E-state index in [9.17, 15) is 0 Å². The Balaban J connectivity index is 2.15. The Morgan fingerprint density at radius 2 is 2.00 bits per heavy atom. The summed E-state index contributed by atoms with van der Waals surface area (Å²) in [5.74, 6) is 0. The van der Waals surface area contributed by atoms with Crippen LogP contribution in [-0.2, 0) is 14.5 Å². The second kappa shape index (κ2) is 2.44. The third kappa shape index (κ3) is 1.26. The molecule has 2 aliphatic rings. The van der Waals surface area contributed by atoms with Gasteiger partial charge in [0.1, 0.15) is 0 Å². The van der Waals surface area contributed by atoms with Crippen molar-refractivity contribution >= 4 is 0 Å². The number of hydrogen-bond acceptors (Lipinski definition) is 3. The molecule has 3 nitrogen and oxygen atoms in total. The van der Waals surface area contributed by atoms with Crippen molar-refractivity contribution in [1.29, 1.82) is 0 Å². The molecule has 70 valence electrons. The summed E-state index contributed by atoms with van der Waals surface area (Å²) in [6, 6.07) is 0. The van der Waals surface area contributed by atoms with Crippen LogP contribution in [0.15, 0.2) is 0 Å². The predicted octanol–water partition coefficient (Wildman–Crippen LogP) is 1.87. The smallest absolute Gasteiger partial charge is 0.196 e. The van der Waals surface area contributed by atoms with Gasteiger partial charge in [-0.1, -0.05) is 6.92 Å². The van der Waals surface area contributed by atoms with Gasteiger partial charge in [-0.3, -0.25) is 0 Å². The van der Waals surface area contributed by atoms with Gasteiger partial charge < -0.3 is 4.74 Å². The number of rotatable bonds is 0. The van der Waals surface area contributed by atoms with Gasteiger partial charge in [0.25, 0.3) is 0 Å². The lowest BCUT2D eigenvalue weighted by Gasteiger charge is -2.41. The molecule has 0 aromatic heterocycles. The zero-order chi connectivity index (χ0) is 8.82. The number of hydrogen-bond donors (Lipinski definition) is 0. The third-order valence-corrected chi connectivity index (χ3v) is 2.70. The van der Waals surface area contributed by atoms with Crippen molar-refractivity contribution in [2.24, 2.45) is 5.41 Å². The highest BCUT2D eigenvalue weighted by Gasteiger charge is 2.50.